The van der Waals surface area contributed by atoms with Crippen molar-refractivity contribution in [3.05, 3.63) is 48.8 Å². The molecule has 1 aliphatic heterocycles. The average molecular weight is 674 g/mol. The Hall–Kier alpha value is -3.88. The molecule has 6 atom stereocenters. The Morgan fingerprint density at radius 2 is 1.94 bits per heavy atom. The first kappa shape index (κ1) is 34.5. The highest BCUT2D eigenvalue weighted by atomic mass is 31.2. The maximum atomic E-state index is 16.3. The van der Waals surface area contributed by atoms with E-state index in [1.807, 2.05) is 39.0 Å². The van der Waals surface area contributed by atoms with Crippen LogP contribution in [0.1, 0.15) is 40.8 Å². The van der Waals surface area contributed by atoms with Gasteiger partial charge in [0.2, 0.25) is 5.95 Å². The molecule has 254 valence electrons. The summed E-state index contributed by atoms with van der Waals surface area (Å²) in [5.74, 6) is -0.106. The van der Waals surface area contributed by atoms with Gasteiger partial charge in [-0.3, -0.25) is 13.9 Å². The number of nitrogen functional groups attached to an aromatic ring is 1. The van der Waals surface area contributed by atoms with Crippen molar-refractivity contribution in [1.29, 1.82) is 0 Å². The fraction of sp³-hybridized carbons (Fsp3) is 0.484. The van der Waals surface area contributed by atoms with Crippen molar-refractivity contribution in [2.45, 2.75) is 64.8 Å². The van der Waals surface area contributed by atoms with Crippen molar-refractivity contribution in [2.75, 3.05) is 37.9 Å². The van der Waals surface area contributed by atoms with Gasteiger partial charge in [-0.15, -0.1) is 0 Å². The first-order chi connectivity index (χ1) is 22.0. The smallest absolute Gasteiger partial charge is 0.459 e. The zero-order valence-corrected chi connectivity index (χ0v) is 28.3. The highest BCUT2D eigenvalue weighted by Crippen LogP contribution is 2.49. The first-order valence-corrected chi connectivity index (χ1v) is 16.6. The summed E-state index contributed by atoms with van der Waals surface area (Å²) in [6.45, 7) is 7.90. The number of imidazole rings is 1. The second kappa shape index (κ2) is 13.0. The van der Waals surface area contributed by atoms with E-state index in [4.69, 9.17) is 24.3 Å². The zero-order chi connectivity index (χ0) is 34.3. The van der Waals surface area contributed by atoms with Gasteiger partial charge < -0.3 is 29.7 Å². The number of hydrogen-bond donors (Lipinski definition) is 3. The van der Waals surface area contributed by atoms with Gasteiger partial charge in [-0.05, 0) is 30.7 Å². The van der Waals surface area contributed by atoms with E-state index in [-0.39, 0.29) is 29.4 Å². The number of ether oxygens (including phenoxy) is 2. The van der Waals surface area contributed by atoms with Gasteiger partial charge in [0, 0.05) is 19.5 Å². The molecule has 0 spiro atoms. The number of anilines is 2. The Balaban J connectivity index is 1.41. The van der Waals surface area contributed by atoms with Crippen LogP contribution >= 0.6 is 7.75 Å². The number of carbonyl (C=O) groups is 1. The minimum atomic E-state index is -4.41. The summed E-state index contributed by atoms with van der Waals surface area (Å²) in [5.41, 5.74) is 3.79. The van der Waals surface area contributed by atoms with Crippen molar-refractivity contribution in [3.8, 4) is 5.75 Å². The fourth-order valence-corrected chi connectivity index (χ4v) is 6.64. The molecule has 0 saturated carbocycles. The molecule has 47 heavy (non-hydrogen) atoms. The summed E-state index contributed by atoms with van der Waals surface area (Å²) in [7, 11) is -0.909. The van der Waals surface area contributed by atoms with E-state index < -0.39 is 50.5 Å². The molecule has 2 aromatic carbocycles. The molecule has 1 saturated heterocycles. The Kier molecular flexibility index (Phi) is 9.50. The predicted octanol–water partition coefficient (Wildman–Crippen LogP) is 4.39. The minimum absolute atomic E-state index is 0.0605. The number of nitrogens with zero attached hydrogens (tertiary/aromatic N) is 5. The third-order valence-corrected chi connectivity index (χ3v) is 9.17. The van der Waals surface area contributed by atoms with Crippen LogP contribution in [0.2, 0.25) is 0 Å². The van der Waals surface area contributed by atoms with Crippen LogP contribution in [0.4, 0.5) is 16.2 Å². The fourth-order valence-electron chi connectivity index (χ4n) is 5.12. The Labute approximate surface area is 272 Å². The van der Waals surface area contributed by atoms with Crippen molar-refractivity contribution in [2.24, 2.45) is 5.41 Å². The number of benzene rings is 2. The molecule has 16 heteroatoms. The average Bonchev–Trinajstić information content (AvgIpc) is 3.51. The maximum Gasteiger partial charge on any atom is 0.459 e. The van der Waals surface area contributed by atoms with Crippen LogP contribution in [0.15, 0.2) is 48.8 Å². The minimum Gasteiger partial charge on any atom is -0.464 e. The topological polar surface area (TPSA) is 176 Å². The molecule has 14 nitrogen and oxygen atoms in total. The number of aliphatic hydroxyl groups excluding tert-OH is 1. The summed E-state index contributed by atoms with van der Waals surface area (Å²) in [4.78, 5) is 27.3. The highest BCUT2D eigenvalue weighted by molar-refractivity contribution is 7.52. The van der Waals surface area contributed by atoms with Gasteiger partial charge in [-0.2, -0.15) is 15.1 Å². The van der Waals surface area contributed by atoms with Gasteiger partial charge in [-0.25, -0.2) is 13.9 Å². The number of halogens is 1. The number of hydrogen-bond acceptors (Lipinski definition) is 12. The molecule has 4 N–H and O–H groups in total. The van der Waals surface area contributed by atoms with Crippen molar-refractivity contribution in [3.63, 3.8) is 0 Å². The molecule has 4 aromatic rings. The lowest BCUT2D eigenvalue weighted by molar-refractivity contribution is -0.148. The monoisotopic (exact) mass is 673 g/mol. The molecule has 2 aromatic heterocycles. The van der Waals surface area contributed by atoms with Crippen LogP contribution in [0.5, 0.6) is 5.75 Å². The van der Waals surface area contributed by atoms with Crippen molar-refractivity contribution >= 4 is 47.4 Å². The molecule has 0 amide bonds. The summed E-state index contributed by atoms with van der Waals surface area (Å²) in [6.07, 6.45) is -3.16. The Morgan fingerprint density at radius 3 is 2.64 bits per heavy atom. The molecule has 3 heterocycles. The Bertz CT molecular complexity index is 1810. The molecule has 0 bridgehead atoms. The van der Waals surface area contributed by atoms with Gasteiger partial charge in [0.1, 0.15) is 24.0 Å². The zero-order valence-electron chi connectivity index (χ0n) is 27.4. The van der Waals surface area contributed by atoms with Crippen LogP contribution in [0.3, 0.4) is 0 Å². The second-order valence-electron chi connectivity index (χ2n) is 13.1. The van der Waals surface area contributed by atoms with Crippen LogP contribution < -0.4 is 20.2 Å². The third-order valence-electron chi connectivity index (χ3n) is 7.54. The van der Waals surface area contributed by atoms with E-state index in [0.717, 1.165) is 5.39 Å². The number of fused-ring (bicyclic) bond motifs is 2. The molecular formula is C31H41FN7O7P. The molecule has 0 aliphatic carbocycles. The standard InChI is InChI=1S/C31H41FN7O7P/c1-18(27(41)43-16-30(2,3)4)37-47(42,46-21-14-10-12-19-11-8-9-13-20(19)21)44-15-22-24(40)31(5,32)28(45-22)39-17-34-23-25(38(6)7)35-29(33)36-26(23)39/h8-14,17-18,22,24,28,40H,15-16H2,1-7H3,(H,37,42)(H2,33,35,36)/t18-,22-,24-,28-,31-,47+/m1/s1. The molecule has 1 aliphatic rings. The predicted molar refractivity (Wildman–Crippen MR) is 175 cm³/mol. The number of nitrogens with one attached hydrogen (secondary N) is 1. The third kappa shape index (κ3) is 7.34. The number of alkyl halides is 1. The molecular weight excluding hydrogens is 632 g/mol. The largest absolute Gasteiger partial charge is 0.464 e. The summed E-state index contributed by atoms with van der Waals surface area (Å²) in [5, 5.41) is 15.2. The number of aromatic nitrogens is 4. The van der Waals surface area contributed by atoms with Gasteiger partial charge in [0.05, 0.1) is 19.5 Å². The molecule has 1 fully saturated rings. The maximum absolute atomic E-state index is 16.3. The summed E-state index contributed by atoms with van der Waals surface area (Å²) < 4.78 is 55.1. The van der Waals surface area contributed by atoms with E-state index in [1.165, 1.54) is 24.7 Å². The van der Waals surface area contributed by atoms with E-state index in [2.05, 4.69) is 20.0 Å². The van der Waals surface area contributed by atoms with Crippen molar-refractivity contribution < 1.29 is 37.4 Å². The lowest BCUT2D eigenvalue weighted by atomic mass is 9.98. The lowest BCUT2D eigenvalue weighted by Crippen LogP contribution is -2.41. The number of aliphatic hydroxyl groups is 1. The van der Waals surface area contributed by atoms with Crippen LogP contribution in [-0.2, 0) is 23.4 Å². The number of esters is 1. The van der Waals surface area contributed by atoms with E-state index >= 15 is 4.39 Å². The normalized spacial score (nSPS) is 23.5. The van der Waals surface area contributed by atoms with Crippen LogP contribution in [0, 0.1) is 5.41 Å². The molecule has 5 rings (SSSR count). The second-order valence-corrected chi connectivity index (χ2v) is 14.8. The lowest BCUT2D eigenvalue weighted by Gasteiger charge is -2.26. The van der Waals surface area contributed by atoms with Gasteiger partial charge in [-0.1, -0.05) is 57.2 Å². The molecule has 0 radical (unpaired) electrons. The van der Waals surface area contributed by atoms with Crippen LogP contribution in [-0.4, -0.2) is 81.8 Å². The highest BCUT2D eigenvalue weighted by Gasteiger charge is 2.56. The Morgan fingerprint density at radius 1 is 1.23 bits per heavy atom. The van der Waals surface area contributed by atoms with Gasteiger partial charge >= 0.3 is 13.7 Å². The van der Waals surface area contributed by atoms with Crippen molar-refractivity contribution in [1.82, 2.24) is 24.6 Å². The quantitative estimate of drug-likeness (QED) is 0.151. The number of rotatable bonds is 11. The van der Waals surface area contributed by atoms with E-state index in [1.54, 1.807) is 43.3 Å². The molecule has 0 unspecified atom stereocenters. The van der Waals surface area contributed by atoms with Crippen LogP contribution in [0.25, 0.3) is 21.9 Å². The van der Waals surface area contributed by atoms with E-state index in [9.17, 15) is 14.5 Å². The van der Waals surface area contributed by atoms with Gasteiger partial charge in [0.15, 0.2) is 28.9 Å². The first-order valence-electron chi connectivity index (χ1n) is 15.1. The summed E-state index contributed by atoms with van der Waals surface area (Å²) in [6, 6.07) is 11.4. The SMILES string of the molecule is C[C@@H](N[P@](=O)(OC[C@H]1O[C@@H](n2cnc3c(N(C)C)nc(N)nc32)[C@](C)(F)[C@@H]1O)Oc1cccc2ccccc12)C(=O)OCC(C)(C)C. The number of nitrogens with two attached hydrogens (primary N) is 1. The summed E-state index contributed by atoms with van der Waals surface area (Å²) >= 11 is 0. The van der Waals surface area contributed by atoms with E-state index in [0.29, 0.717) is 16.7 Å². The number of carbonyl (C=O) groups excluding carboxylic acids is 1. The van der Waals surface area contributed by atoms with Gasteiger partial charge in [0.25, 0.3) is 0 Å².